The summed E-state index contributed by atoms with van der Waals surface area (Å²) in [5.74, 6) is 1.63. The molecule has 0 saturated carbocycles. The zero-order valence-corrected chi connectivity index (χ0v) is 6.96. The minimum Gasteiger partial charge on any atom is -0.489 e. The van der Waals surface area contributed by atoms with Crippen molar-refractivity contribution in [2.24, 2.45) is 0 Å². The van der Waals surface area contributed by atoms with Crippen LogP contribution in [0.2, 0.25) is 0 Å². The fourth-order valence-corrected chi connectivity index (χ4v) is 1.15. The summed E-state index contributed by atoms with van der Waals surface area (Å²) < 4.78 is 10.8. The predicted molar refractivity (Wildman–Crippen MR) is 45.4 cm³/mol. The van der Waals surface area contributed by atoms with Gasteiger partial charge in [0.1, 0.15) is 0 Å². The first kappa shape index (κ1) is 7.47. The van der Waals surface area contributed by atoms with Gasteiger partial charge in [-0.3, -0.25) is 0 Å². The summed E-state index contributed by atoms with van der Waals surface area (Å²) >= 11 is 0. The van der Waals surface area contributed by atoms with Gasteiger partial charge in [0.15, 0.2) is 11.5 Å². The van der Waals surface area contributed by atoms with Crippen LogP contribution >= 0.6 is 0 Å². The minimum absolute atomic E-state index is 0.510. The molecule has 1 aromatic carbocycles. The molecule has 1 heterocycles. The summed E-state index contributed by atoms with van der Waals surface area (Å²) in [7, 11) is 0. The highest BCUT2D eigenvalue weighted by molar-refractivity contribution is 5.43. The van der Waals surface area contributed by atoms with Crippen molar-refractivity contribution >= 4 is 0 Å². The monoisotopic (exact) mass is 162 g/mol. The molecule has 0 spiro atoms. The molecule has 0 atom stereocenters. The van der Waals surface area contributed by atoms with Crippen LogP contribution in [-0.2, 0) is 0 Å². The van der Waals surface area contributed by atoms with Crippen LogP contribution in [0.1, 0.15) is 5.56 Å². The maximum Gasteiger partial charge on any atom is 0.161 e. The molecule has 0 fully saturated rings. The average Bonchev–Trinajstić information content (AvgIpc) is 2.28. The first-order valence-electron chi connectivity index (χ1n) is 3.93. The predicted octanol–water partition coefficient (Wildman–Crippen LogP) is 1.85. The van der Waals surface area contributed by atoms with E-state index in [0.717, 1.165) is 11.5 Å². The van der Waals surface area contributed by atoms with Gasteiger partial charge >= 0.3 is 0 Å². The van der Waals surface area contributed by atoms with Gasteiger partial charge in [-0.1, -0.05) is 6.07 Å². The van der Waals surface area contributed by atoms with E-state index < -0.39 is 0 Å². The summed E-state index contributed by atoms with van der Waals surface area (Å²) in [6, 6.07) is 5.91. The fraction of sp³-hybridized carbons (Fsp3) is 0.300. The zero-order valence-electron chi connectivity index (χ0n) is 6.96. The highest BCUT2D eigenvalue weighted by atomic mass is 16.5. The van der Waals surface area contributed by atoms with Crippen molar-refractivity contribution in [3.05, 3.63) is 30.2 Å². The number of hydrogen-bond donors (Lipinski definition) is 0. The molecule has 1 aliphatic heterocycles. The quantitative estimate of drug-likeness (QED) is 0.579. The zero-order chi connectivity index (χ0) is 8.39. The number of hydrogen-bond acceptors (Lipinski definition) is 2. The van der Waals surface area contributed by atoms with Gasteiger partial charge in [-0.2, -0.15) is 0 Å². The third kappa shape index (κ3) is 1.37. The lowest BCUT2D eigenvalue weighted by Gasteiger charge is -2.06. The van der Waals surface area contributed by atoms with Crippen molar-refractivity contribution in [3.63, 3.8) is 0 Å². The maximum atomic E-state index is 5.39. The van der Waals surface area contributed by atoms with E-state index in [2.05, 4.69) is 6.42 Å². The van der Waals surface area contributed by atoms with E-state index in [-0.39, 0.29) is 0 Å². The van der Waals surface area contributed by atoms with Crippen LogP contribution in [-0.4, -0.2) is 13.2 Å². The molecular formula is C10H10O2. The normalized spacial score (nSPS) is 15.4. The molecule has 2 heteroatoms. The molecule has 2 rings (SSSR count). The van der Waals surface area contributed by atoms with Crippen LogP contribution in [0.4, 0.5) is 0 Å². The molecule has 62 valence electrons. The topological polar surface area (TPSA) is 18.5 Å². The Kier molecular flexibility index (Phi) is 1.90. The lowest BCUT2D eigenvalue weighted by molar-refractivity contribution is 0.353. The standard InChI is InChI=1S/C10H10O2/c1-8-3-4-9-10(7-8)12-6-2-5-11-9/h3-4,7H,5-6H2,1H3. The van der Waals surface area contributed by atoms with Crippen LogP contribution in [0, 0.1) is 13.3 Å². The third-order valence-electron chi connectivity index (χ3n) is 1.76. The first-order chi connectivity index (χ1) is 5.86. The second kappa shape index (κ2) is 3.05. The van der Waals surface area contributed by atoms with Crippen LogP contribution in [0.25, 0.3) is 0 Å². The summed E-state index contributed by atoms with van der Waals surface area (Å²) in [6.07, 6.45) is 2.97. The van der Waals surface area contributed by atoms with Gasteiger partial charge in [0.2, 0.25) is 0 Å². The van der Waals surface area contributed by atoms with Crippen molar-refractivity contribution in [3.8, 4) is 11.5 Å². The van der Waals surface area contributed by atoms with E-state index >= 15 is 0 Å². The molecule has 0 aromatic heterocycles. The summed E-state index contributed by atoms with van der Waals surface area (Å²) in [5.41, 5.74) is 1.18. The van der Waals surface area contributed by atoms with Crippen molar-refractivity contribution < 1.29 is 9.47 Å². The number of rotatable bonds is 0. The highest BCUT2D eigenvalue weighted by Crippen LogP contribution is 2.29. The van der Waals surface area contributed by atoms with E-state index in [1.807, 2.05) is 25.1 Å². The van der Waals surface area contributed by atoms with Crippen molar-refractivity contribution in [1.29, 1.82) is 0 Å². The number of ether oxygens (including phenoxy) is 2. The molecular weight excluding hydrogens is 152 g/mol. The van der Waals surface area contributed by atoms with Crippen LogP contribution in [0.3, 0.4) is 0 Å². The second-order valence-electron chi connectivity index (χ2n) is 2.78. The van der Waals surface area contributed by atoms with E-state index in [1.54, 1.807) is 0 Å². The molecule has 12 heavy (non-hydrogen) atoms. The Morgan fingerprint density at radius 3 is 2.75 bits per heavy atom. The number of benzene rings is 1. The van der Waals surface area contributed by atoms with Crippen molar-refractivity contribution in [1.82, 2.24) is 0 Å². The van der Waals surface area contributed by atoms with Gasteiger partial charge in [0.25, 0.3) is 0 Å². The van der Waals surface area contributed by atoms with E-state index in [1.165, 1.54) is 5.56 Å². The lowest BCUT2D eigenvalue weighted by atomic mass is 10.2. The van der Waals surface area contributed by atoms with Crippen molar-refractivity contribution in [2.45, 2.75) is 6.92 Å². The molecule has 0 aliphatic carbocycles. The molecule has 0 bridgehead atoms. The smallest absolute Gasteiger partial charge is 0.161 e. The molecule has 0 unspecified atom stereocenters. The second-order valence-corrected chi connectivity index (χ2v) is 2.78. The SMILES string of the molecule is Cc1ccc2c(c1)OC[C]CO2. The van der Waals surface area contributed by atoms with E-state index in [4.69, 9.17) is 9.47 Å². The molecule has 0 amide bonds. The van der Waals surface area contributed by atoms with Gasteiger partial charge in [-0.15, -0.1) is 0 Å². The van der Waals surface area contributed by atoms with Gasteiger partial charge in [-0.05, 0) is 24.6 Å². The Hall–Kier alpha value is -1.18. The molecule has 1 aliphatic rings. The Morgan fingerprint density at radius 1 is 1.17 bits per heavy atom. The Bertz CT molecular complexity index is 281. The lowest BCUT2D eigenvalue weighted by Crippen LogP contribution is -1.98. The summed E-state index contributed by atoms with van der Waals surface area (Å²) in [5, 5.41) is 0. The number of fused-ring (bicyclic) bond motifs is 1. The average molecular weight is 162 g/mol. The maximum absolute atomic E-state index is 5.39. The molecule has 1 aromatic rings. The Balaban J connectivity index is 2.36. The van der Waals surface area contributed by atoms with Gasteiger partial charge < -0.3 is 9.47 Å². The van der Waals surface area contributed by atoms with Gasteiger partial charge in [0, 0.05) is 0 Å². The highest BCUT2D eigenvalue weighted by Gasteiger charge is 2.09. The molecule has 2 radical (unpaired) electrons. The van der Waals surface area contributed by atoms with Gasteiger partial charge in [-0.25, -0.2) is 0 Å². The summed E-state index contributed by atoms with van der Waals surface area (Å²) in [6.45, 7) is 3.05. The van der Waals surface area contributed by atoms with Crippen molar-refractivity contribution in [2.75, 3.05) is 13.2 Å². The molecule has 0 saturated heterocycles. The van der Waals surface area contributed by atoms with Crippen LogP contribution in [0.15, 0.2) is 18.2 Å². The summed E-state index contributed by atoms with van der Waals surface area (Å²) in [4.78, 5) is 0. The molecule has 0 N–H and O–H groups in total. The molecule has 2 nitrogen and oxygen atoms in total. The van der Waals surface area contributed by atoms with Gasteiger partial charge in [0.05, 0.1) is 19.6 Å². The van der Waals surface area contributed by atoms with Crippen LogP contribution in [0.5, 0.6) is 11.5 Å². The number of aryl methyl sites for hydroxylation is 1. The fourth-order valence-electron chi connectivity index (χ4n) is 1.15. The first-order valence-corrected chi connectivity index (χ1v) is 3.93. The minimum atomic E-state index is 0.510. The Labute approximate surface area is 72.1 Å². The van der Waals surface area contributed by atoms with E-state index in [0.29, 0.717) is 13.2 Å². The van der Waals surface area contributed by atoms with E-state index in [9.17, 15) is 0 Å². The van der Waals surface area contributed by atoms with Crippen LogP contribution < -0.4 is 9.47 Å². The Morgan fingerprint density at radius 2 is 1.92 bits per heavy atom. The third-order valence-corrected chi connectivity index (χ3v) is 1.76. The largest absolute Gasteiger partial charge is 0.489 e.